The van der Waals surface area contributed by atoms with Gasteiger partial charge in [0.2, 0.25) is 0 Å². The molecule has 54 valence electrons. The van der Waals surface area contributed by atoms with Gasteiger partial charge in [0.05, 0.1) is 17.9 Å². The van der Waals surface area contributed by atoms with E-state index >= 15 is 0 Å². The fourth-order valence-electron chi connectivity index (χ4n) is 0.883. The molecule has 0 atom stereocenters. The molecule has 0 amide bonds. The van der Waals surface area contributed by atoms with Crippen LogP contribution in [0.5, 0.6) is 0 Å². The second kappa shape index (κ2) is 2.23. The van der Waals surface area contributed by atoms with E-state index in [-0.39, 0.29) is 0 Å². The molecule has 0 fully saturated rings. The number of fused-ring (bicyclic) bond motifs is 1. The highest BCUT2D eigenvalue weighted by Crippen LogP contribution is 2.04. The van der Waals surface area contributed by atoms with Crippen LogP contribution >= 0.6 is 0 Å². The van der Waals surface area contributed by atoms with Gasteiger partial charge in [-0.3, -0.25) is 0 Å². The number of rotatable bonds is 0. The summed E-state index contributed by atoms with van der Waals surface area (Å²) in [6.45, 7) is 1.85. The quantitative estimate of drug-likeness (QED) is 0.549. The lowest BCUT2D eigenvalue weighted by Crippen LogP contribution is -1.89. The van der Waals surface area contributed by atoms with Gasteiger partial charge in [0, 0.05) is 11.6 Å². The molecule has 0 saturated carbocycles. The van der Waals surface area contributed by atoms with Crippen LogP contribution in [0, 0.1) is 6.92 Å². The van der Waals surface area contributed by atoms with Crippen molar-refractivity contribution in [1.82, 2.24) is 20.2 Å². The van der Waals surface area contributed by atoms with Crippen LogP contribution < -0.4 is 0 Å². The van der Waals surface area contributed by atoms with E-state index in [0.717, 1.165) is 16.7 Å². The van der Waals surface area contributed by atoms with Gasteiger partial charge in [-0.2, -0.15) is 10.2 Å². The summed E-state index contributed by atoms with van der Waals surface area (Å²) >= 11 is 0. The van der Waals surface area contributed by atoms with Gasteiger partial charge in [-0.05, 0) is 6.92 Å². The van der Waals surface area contributed by atoms with Gasteiger partial charge in [-0.1, -0.05) is 0 Å². The zero-order chi connectivity index (χ0) is 7.68. The van der Waals surface area contributed by atoms with Crippen molar-refractivity contribution in [2.24, 2.45) is 0 Å². The minimum Gasteiger partial charge on any atom is -0.241 e. The largest absolute Gasteiger partial charge is 0.241 e. The normalized spacial score (nSPS) is 10.3. The predicted octanol–water partition coefficient (Wildman–Crippen LogP) is 0.728. The third kappa shape index (κ3) is 1.02. The van der Waals surface area contributed by atoms with Crippen molar-refractivity contribution < 1.29 is 0 Å². The molecule has 0 unspecified atom stereocenters. The van der Waals surface area contributed by atoms with Gasteiger partial charge in [-0.25, -0.2) is 9.97 Å². The third-order valence-corrected chi connectivity index (χ3v) is 1.41. The fourth-order valence-corrected chi connectivity index (χ4v) is 0.883. The minimum atomic E-state index is 0.755. The van der Waals surface area contributed by atoms with E-state index in [1.807, 2.05) is 6.92 Å². The van der Waals surface area contributed by atoms with E-state index < -0.39 is 0 Å². The van der Waals surface area contributed by atoms with Crippen LogP contribution in [0.2, 0.25) is 0 Å². The highest BCUT2D eigenvalue weighted by atomic mass is 15.1. The summed E-state index contributed by atoms with van der Waals surface area (Å²) in [6, 6.07) is 0. The Bertz CT molecular complexity index is 385. The van der Waals surface area contributed by atoms with E-state index in [4.69, 9.17) is 0 Å². The van der Waals surface area contributed by atoms with Crippen LogP contribution in [0.15, 0.2) is 18.6 Å². The second-order valence-corrected chi connectivity index (χ2v) is 2.25. The maximum atomic E-state index is 4.16. The summed E-state index contributed by atoms with van der Waals surface area (Å²) in [5, 5.41) is 8.35. The molecule has 2 heterocycles. The summed E-state index contributed by atoms with van der Waals surface area (Å²) in [6.07, 6.45) is 5.02. The van der Waals surface area contributed by atoms with Crippen LogP contribution in [0.25, 0.3) is 10.9 Å². The molecular formula is C7H6N4. The zero-order valence-corrected chi connectivity index (χ0v) is 6.02. The minimum absolute atomic E-state index is 0.755. The van der Waals surface area contributed by atoms with Crippen molar-refractivity contribution in [1.29, 1.82) is 0 Å². The summed E-state index contributed by atoms with van der Waals surface area (Å²) < 4.78 is 0. The molecule has 0 bridgehead atoms. The number of aryl methyl sites for hydroxylation is 1. The number of hydrogen-bond donors (Lipinski definition) is 0. The highest BCUT2D eigenvalue weighted by molar-refractivity contribution is 5.74. The number of aromatic nitrogens is 4. The Morgan fingerprint density at radius 1 is 1.09 bits per heavy atom. The average Bonchev–Trinajstić information content (AvgIpc) is 2.04. The number of nitrogens with zero attached hydrogens (tertiary/aromatic N) is 4. The van der Waals surface area contributed by atoms with Gasteiger partial charge >= 0.3 is 0 Å². The SMILES string of the molecule is Cc1ncc2cnncc2n1. The molecule has 0 saturated heterocycles. The van der Waals surface area contributed by atoms with Crippen LogP contribution in [-0.4, -0.2) is 20.2 Å². The smallest absolute Gasteiger partial charge is 0.125 e. The molecule has 0 aromatic carbocycles. The first kappa shape index (κ1) is 6.15. The molecule has 2 aromatic rings. The molecule has 0 aliphatic carbocycles. The van der Waals surface area contributed by atoms with E-state index in [2.05, 4.69) is 20.2 Å². The van der Waals surface area contributed by atoms with Gasteiger partial charge in [0.1, 0.15) is 5.82 Å². The third-order valence-electron chi connectivity index (χ3n) is 1.41. The summed E-state index contributed by atoms with van der Waals surface area (Å²) in [7, 11) is 0. The van der Waals surface area contributed by atoms with Crippen molar-refractivity contribution >= 4 is 10.9 Å². The molecule has 0 radical (unpaired) electrons. The predicted molar refractivity (Wildman–Crippen MR) is 39.9 cm³/mol. The van der Waals surface area contributed by atoms with E-state index in [1.54, 1.807) is 18.6 Å². The van der Waals surface area contributed by atoms with Gasteiger partial charge in [0.25, 0.3) is 0 Å². The molecule has 4 heteroatoms. The number of hydrogen-bond acceptors (Lipinski definition) is 4. The van der Waals surface area contributed by atoms with Crippen LogP contribution in [0.4, 0.5) is 0 Å². The zero-order valence-electron chi connectivity index (χ0n) is 6.02. The molecule has 4 nitrogen and oxygen atoms in total. The van der Waals surface area contributed by atoms with E-state index in [9.17, 15) is 0 Å². The van der Waals surface area contributed by atoms with Crippen LogP contribution in [0.3, 0.4) is 0 Å². The first-order valence-corrected chi connectivity index (χ1v) is 3.26. The Hall–Kier alpha value is -1.58. The van der Waals surface area contributed by atoms with Gasteiger partial charge < -0.3 is 0 Å². The summed E-state index contributed by atoms with van der Waals surface area (Å²) in [4.78, 5) is 8.19. The maximum absolute atomic E-state index is 4.16. The molecule has 0 aliphatic heterocycles. The Labute approximate surface area is 63.3 Å². The van der Waals surface area contributed by atoms with Gasteiger partial charge in [-0.15, -0.1) is 0 Å². The van der Waals surface area contributed by atoms with E-state index in [0.29, 0.717) is 0 Å². The molecule has 0 aliphatic rings. The first-order chi connectivity index (χ1) is 5.36. The van der Waals surface area contributed by atoms with Crippen molar-refractivity contribution in [3.8, 4) is 0 Å². The Morgan fingerprint density at radius 3 is 2.82 bits per heavy atom. The Morgan fingerprint density at radius 2 is 1.91 bits per heavy atom. The molecule has 0 N–H and O–H groups in total. The molecule has 2 rings (SSSR count). The lowest BCUT2D eigenvalue weighted by atomic mass is 10.3. The second-order valence-electron chi connectivity index (χ2n) is 2.25. The topological polar surface area (TPSA) is 51.6 Å². The monoisotopic (exact) mass is 146 g/mol. The first-order valence-electron chi connectivity index (χ1n) is 3.26. The molecular weight excluding hydrogens is 140 g/mol. The lowest BCUT2D eigenvalue weighted by Gasteiger charge is -1.93. The standard InChI is InChI=1S/C7H6N4/c1-5-8-2-6-3-9-10-4-7(6)11-5/h2-4H,1H3. The Kier molecular flexibility index (Phi) is 1.25. The summed E-state index contributed by atoms with van der Waals surface area (Å²) in [5.41, 5.74) is 0.840. The van der Waals surface area contributed by atoms with Crippen molar-refractivity contribution in [2.75, 3.05) is 0 Å². The molecule has 11 heavy (non-hydrogen) atoms. The molecule has 2 aromatic heterocycles. The van der Waals surface area contributed by atoms with E-state index in [1.165, 1.54) is 0 Å². The highest BCUT2D eigenvalue weighted by Gasteiger charge is 1.94. The average molecular weight is 146 g/mol. The van der Waals surface area contributed by atoms with Crippen LogP contribution in [0.1, 0.15) is 5.82 Å². The van der Waals surface area contributed by atoms with Crippen molar-refractivity contribution in [3.05, 3.63) is 24.4 Å². The van der Waals surface area contributed by atoms with Crippen molar-refractivity contribution in [3.63, 3.8) is 0 Å². The maximum Gasteiger partial charge on any atom is 0.125 e. The lowest BCUT2D eigenvalue weighted by molar-refractivity contribution is 1.02. The van der Waals surface area contributed by atoms with Gasteiger partial charge in [0.15, 0.2) is 0 Å². The van der Waals surface area contributed by atoms with Crippen molar-refractivity contribution in [2.45, 2.75) is 6.92 Å². The fraction of sp³-hybridized carbons (Fsp3) is 0.143. The molecule has 0 spiro atoms. The summed E-state index contributed by atoms with van der Waals surface area (Å²) in [5.74, 6) is 0.755. The Balaban J connectivity index is 2.83. The van der Waals surface area contributed by atoms with Crippen LogP contribution in [-0.2, 0) is 0 Å².